The van der Waals surface area contributed by atoms with Crippen molar-refractivity contribution >= 4 is 10.8 Å². The van der Waals surface area contributed by atoms with E-state index < -0.39 is 0 Å². The van der Waals surface area contributed by atoms with Crippen LogP contribution in [0, 0.1) is 20.8 Å². The Morgan fingerprint density at radius 1 is 0.792 bits per heavy atom. The van der Waals surface area contributed by atoms with Gasteiger partial charge in [-0.15, -0.1) is 0 Å². The average molecular weight is 322 g/mol. The van der Waals surface area contributed by atoms with E-state index in [1.54, 1.807) is 14.2 Å². The van der Waals surface area contributed by atoms with Crippen LogP contribution >= 0.6 is 0 Å². The van der Waals surface area contributed by atoms with Crippen molar-refractivity contribution in [1.82, 2.24) is 0 Å². The van der Waals surface area contributed by atoms with E-state index in [0.717, 1.165) is 27.6 Å². The minimum absolute atomic E-state index is 0.221. The van der Waals surface area contributed by atoms with E-state index >= 15 is 0 Å². The van der Waals surface area contributed by atoms with E-state index in [1.807, 2.05) is 24.3 Å². The summed E-state index contributed by atoms with van der Waals surface area (Å²) in [6.07, 6.45) is 0. The molecule has 3 rings (SSSR count). The normalized spacial score (nSPS) is 10.9. The molecule has 0 radical (unpaired) electrons. The van der Waals surface area contributed by atoms with Gasteiger partial charge in [0.25, 0.3) is 0 Å². The molecule has 0 unspecified atom stereocenters. The van der Waals surface area contributed by atoms with Crippen molar-refractivity contribution < 1.29 is 14.6 Å². The Labute approximate surface area is 142 Å². The lowest BCUT2D eigenvalue weighted by Crippen LogP contribution is -1.94. The molecular weight excluding hydrogens is 300 g/mol. The van der Waals surface area contributed by atoms with Gasteiger partial charge in [0.15, 0.2) is 0 Å². The van der Waals surface area contributed by atoms with Crippen LogP contribution in [-0.4, -0.2) is 19.3 Å². The lowest BCUT2D eigenvalue weighted by molar-refractivity contribution is 0.408. The first kappa shape index (κ1) is 16.2. The summed E-state index contributed by atoms with van der Waals surface area (Å²) in [4.78, 5) is 0. The fourth-order valence-corrected chi connectivity index (χ4v) is 3.53. The molecule has 24 heavy (non-hydrogen) atoms. The second-order valence-corrected chi connectivity index (χ2v) is 6.13. The number of hydrogen-bond donors (Lipinski definition) is 1. The topological polar surface area (TPSA) is 38.7 Å². The lowest BCUT2D eigenvalue weighted by Gasteiger charge is -2.17. The molecule has 0 aliphatic carbocycles. The second-order valence-electron chi connectivity index (χ2n) is 6.13. The molecule has 0 aliphatic heterocycles. The van der Waals surface area contributed by atoms with Gasteiger partial charge in [0.2, 0.25) is 0 Å². The van der Waals surface area contributed by atoms with Gasteiger partial charge in [0.1, 0.15) is 17.2 Å². The summed E-state index contributed by atoms with van der Waals surface area (Å²) in [5.74, 6) is 1.57. The van der Waals surface area contributed by atoms with E-state index in [0.29, 0.717) is 16.9 Å². The van der Waals surface area contributed by atoms with Crippen LogP contribution in [0.25, 0.3) is 21.9 Å². The predicted molar refractivity (Wildman–Crippen MR) is 98.4 cm³/mol. The van der Waals surface area contributed by atoms with Crippen molar-refractivity contribution in [1.29, 1.82) is 0 Å². The SMILES string of the molecule is COc1ccc(OC)c2c(O)c(-c3c(C)cc(C)cc3C)ccc12. The summed E-state index contributed by atoms with van der Waals surface area (Å²) in [7, 11) is 3.23. The highest BCUT2D eigenvalue weighted by Gasteiger charge is 2.18. The first-order valence-corrected chi connectivity index (χ1v) is 7.92. The monoisotopic (exact) mass is 322 g/mol. The van der Waals surface area contributed by atoms with E-state index in [-0.39, 0.29) is 5.75 Å². The minimum Gasteiger partial charge on any atom is -0.507 e. The highest BCUT2D eigenvalue weighted by molar-refractivity contribution is 6.02. The standard InChI is InChI=1S/C21H22O3/c1-12-10-13(2)19(14(3)11-12)16-7-6-15-17(23-4)8-9-18(24-5)20(15)21(16)22/h6-11,22H,1-5H3. The first-order chi connectivity index (χ1) is 11.5. The van der Waals surface area contributed by atoms with Gasteiger partial charge in [0, 0.05) is 10.9 Å². The van der Waals surface area contributed by atoms with Crippen LogP contribution in [0.2, 0.25) is 0 Å². The molecule has 3 nitrogen and oxygen atoms in total. The number of aromatic hydroxyl groups is 1. The number of aryl methyl sites for hydroxylation is 3. The molecule has 0 fully saturated rings. The van der Waals surface area contributed by atoms with Crippen LogP contribution in [-0.2, 0) is 0 Å². The van der Waals surface area contributed by atoms with Gasteiger partial charge in [-0.25, -0.2) is 0 Å². The molecule has 0 saturated heterocycles. The van der Waals surface area contributed by atoms with Crippen LogP contribution in [0.3, 0.4) is 0 Å². The highest BCUT2D eigenvalue weighted by atomic mass is 16.5. The lowest BCUT2D eigenvalue weighted by atomic mass is 9.91. The van der Waals surface area contributed by atoms with Crippen molar-refractivity contribution in [2.45, 2.75) is 20.8 Å². The minimum atomic E-state index is 0.221. The van der Waals surface area contributed by atoms with E-state index in [4.69, 9.17) is 9.47 Å². The van der Waals surface area contributed by atoms with Crippen LogP contribution in [0.1, 0.15) is 16.7 Å². The van der Waals surface area contributed by atoms with Crippen molar-refractivity contribution in [2.75, 3.05) is 14.2 Å². The van der Waals surface area contributed by atoms with Crippen LogP contribution in [0.15, 0.2) is 36.4 Å². The van der Waals surface area contributed by atoms with Gasteiger partial charge >= 0.3 is 0 Å². The maximum atomic E-state index is 11.0. The molecule has 1 N–H and O–H groups in total. The molecule has 0 bridgehead atoms. The fraction of sp³-hybridized carbons (Fsp3) is 0.238. The van der Waals surface area contributed by atoms with Gasteiger partial charge in [0.05, 0.1) is 19.6 Å². The molecule has 0 atom stereocenters. The number of rotatable bonds is 3. The third kappa shape index (κ3) is 2.46. The maximum Gasteiger partial charge on any atom is 0.135 e. The van der Waals surface area contributed by atoms with Crippen LogP contribution < -0.4 is 9.47 Å². The van der Waals surface area contributed by atoms with Crippen molar-refractivity contribution in [2.24, 2.45) is 0 Å². The number of hydrogen-bond acceptors (Lipinski definition) is 3. The van der Waals surface area contributed by atoms with Gasteiger partial charge in [-0.1, -0.05) is 17.7 Å². The van der Waals surface area contributed by atoms with E-state index in [9.17, 15) is 5.11 Å². The van der Waals surface area contributed by atoms with E-state index in [1.165, 1.54) is 5.56 Å². The molecule has 0 spiro atoms. The van der Waals surface area contributed by atoms with Crippen LogP contribution in [0.5, 0.6) is 17.2 Å². The molecule has 0 saturated carbocycles. The second kappa shape index (κ2) is 6.08. The molecule has 0 amide bonds. The summed E-state index contributed by atoms with van der Waals surface area (Å²) >= 11 is 0. The molecule has 0 aliphatic rings. The molecule has 0 aromatic heterocycles. The third-order valence-electron chi connectivity index (χ3n) is 4.46. The predicted octanol–water partition coefficient (Wildman–Crippen LogP) is 5.15. The van der Waals surface area contributed by atoms with Gasteiger partial charge in [-0.3, -0.25) is 0 Å². The molecule has 3 aromatic rings. The van der Waals surface area contributed by atoms with Gasteiger partial charge < -0.3 is 14.6 Å². The highest BCUT2D eigenvalue weighted by Crippen LogP contribution is 2.45. The zero-order valence-electron chi connectivity index (χ0n) is 14.7. The zero-order chi connectivity index (χ0) is 17.4. The molecule has 124 valence electrons. The fourth-order valence-electron chi connectivity index (χ4n) is 3.53. The largest absolute Gasteiger partial charge is 0.507 e. The average Bonchev–Trinajstić information content (AvgIpc) is 2.55. The Hall–Kier alpha value is -2.68. The smallest absolute Gasteiger partial charge is 0.135 e. The number of phenolic OH excluding ortho intramolecular Hbond substituents is 1. The number of ether oxygens (including phenoxy) is 2. The molecule has 3 aromatic carbocycles. The summed E-state index contributed by atoms with van der Waals surface area (Å²) in [5, 5.41) is 12.5. The number of fused-ring (bicyclic) bond motifs is 1. The van der Waals surface area contributed by atoms with Gasteiger partial charge in [-0.05, 0) is 61.7 Å². The summed E-state index contributed by atoms with van der Waals surface area (Å²) in [6, 6.07) is 11.9. The van der Waals surface area contributed by atoms with Crippen molar-refractivity contribution in [3.63, 3.8) is 0 Å². The number of methoxy groups -OCH3 is 2. The third-order valence-corrected chi connectivity index (χ3v) is 4.46. The van der Waals surface area contributed by atoms with Gasteiger partial charge in [-0.2, -0.15) is 0 Å². The number of phenols is 1. The Morgan fingerprint density at radius 2 is 1.38 bits per heavy atom. The molecule has 3 heteroatoms. The van der Waals surface area contributed by atoms with E-state index in [2.05, 4.69) is 32.9 Å². The number of benzene rings is 3. The summed E-state index contributed by atoms with van der Waals surface area (Å²) < 4.78 is 10.9. The quantitative estimate of drug-likeness (QED) is 0.724. The Balaban J connectivity index is 2.38. The summed E-state index contributed by atoms with van der Waals surface area (Å²) in [5.41, 5.74) is 5.37. The van der Waals surface area contributed by atoms with Crippen LogP contribution in [0.4, 0.5) is 0 Å². The first-order valence-electron chi connectivity index (χ1n) is 7.92. The molecular formula is C21H22O3. The Morgan fingerprint density at radius 3 is 1.96 bits per heavy atom. The maximum absolute atomic E-state index is 11.0. The zero-order valence-corrected chi connectivity index (χ0v) is 14.7. The Kier molecular flexibility index (Phi) is 4.10. The molecule has 0 heterocycles. The summed E-state index contributed by atoms with van der Waals surface area (Å²) in [6.45, 7) is 6.22. The Bertz CT molecular complexity index is 903. The van der Waals surface area contributed by atoms with Crippen molar-refractivity contribution in [3.05, 3.63) is 53.1 Å². The van der Waals surface area contributed by atoms with Crippen molar-refractivity contribution in [3.8, 4) is 28.4 Å².